The lowest BCUT2D eigenvalue weighted by atomic mass is 10.2. The van der Waals surface area contributed by atoms with Crippen LogP contribution >= 0.6 is 31.9 Å². The van der Waals surface area contributed by atoms with Gasteiger partial charge in [-0.25, -0.2) is 13.1 Å². The second-order valence-electron chi connectivity index (χ2n) is 4.94. The molecule has 0 aliphatic heterocycles. The Hall–Kier alpha value is 0.0900. The molecule has 1 aliphatic carbocycles. The maximum absolute atomic E-state index is 12.2. The van der Waals surface area contributed by atoms with Crippen LogP contribution < -0.4 is 4.72 Å². The lowest BCUT2D eigenvalue weighted by Crippen LogP contribution is -2.28. The van der Waals surface area contributed by atoms with Crippen molar-refractivity contribution in [1.82, 2.24) is 4.72 Å². The molecule has 1 unspecified atom stereocenters. The summed E-state index contributed by atoms with van der Waals surface area (Å²) in [5.74, 6) is 0. The lowest BCUT2D eigenvalue weighted by Gasteiger charge is -2.10. The van der Waals surface area contributed by atoms with Gasteiger partial charge in [-0.2, -0.15) is 0 Å². The Balaban J connectivity index is 2.29. The summed E-state index contributed by atoms with van der Waals surface area (Å²) in [5.41, 5.74) is 0.0750. The van der Waals surface area contributed by atoms with E-state index in [1.165, 1.54) is 0 Å². The molecule has 0 spiro atoms. The van der Waals surface area contributed by atoms with Gasteiger partial charge in [-0.1, -0.05) is 29.8 Å². The predicted octanol–water partition coefficient (Wildman–Crippen LogP) is 3.29. The Morgan fingerprint density at radius 1 is 1.35 bits per heavy atom. The molecule has 1 aromatic carbocycles. The molecule has 0 aromatic heterocycles. The number of halogens is 2. The standard InChI is InChI=1S/C11H13Br2NO2S/c1-11(2)6-10(11)14-17(15,16)9-5-7(12)3-4-8(9)13/h3-5,10,14H,6H2,1-2H3. The van der Waals surface area contributed by atoms with Crippen molar-refractivity contribution >= 4 is 41.9 Å². The zero-order valence-corrected chi connectivity index (χ0v) is 13.5. The van der Waals surface area contributed by atoms with Crippen molar-refractivity contribution in [3.8, 4) is 0 Å². The average Bonchev–Trinajstić information content (AvgIpc) is 2.76. The van der Waals surface area contributed by atoms with Gasteiger partial charge in [0.05, 0.1) is 4.90 Å². The molecule has 0 radical (unpaired) electrons. The van der Waals surface area contributed by atoms with E-state index in [4.69, 9.17) is 0 Å². The van der Waals surface area contributed by atoms with E-state index in [-0.39, 0.29) is 16.4 Å². The predicted molar refractivity (Wildman–Crippen MR) is 74.3 cm³/mol. The minimum Gasteiger partial charge on any atom is -0.207 e. The molecule has 0 amide bonds. The Morgan fingerprint density at radius 2 is 1.94 bits per heavy atom. The number of nitrogens with one attached hydrogen (secondary N) is 1. The molecule has 1 aromatic rings. The van der Waals surface area contributed by atoms with Crippen molar-refractivity contribution in [3.63, 3.8) is 0 Å². The Kier molecular flexibility index (Phi) is 3.44. The molecule has 1 N–H and O–H groups in total. The first-order chi connectivity index (χ1) is 7.72. The van der Waals surface area contributed by atoms with Crippen LogP contribution in [0.4, 0.5) is 0 Å². The van der Waals surface area contributed by atoms with Crippen LogP contribution in [0.15, 0.2) is 32.0 Å². The summed E-state index contributed by atoms with van der Waals surface area (Å²) >= 11 is 6.55. The lowest BCUT2D eigenvalue weighted by molar-refractivity contribution is 0.554. The third kappa shape index (κ3) is 2.92. The van der Waals surface area contributed by atoms with E-state index in [1.54, 1.807) is 18.2 Å². The van der Waals surface area contributed by atoms with Crippen molar-refractivity contribution in [3.05, 3.63) is 27.1 Å². The normalized spacial score (nSPS) is 22.5. The van der Waals surface area contributed by atoms with E-state index in [1.807, 2.05) is 0 Å². The summed E-state index contributed by atoms with van der Waals surface area (Å²) in [6.07, 6.45) is 0.887. The van der Waals surface area contributed by atoms with Gasteiger partial charge in [-0.3, -0.25) is 0 Å². The van der Waals surface area contributed by atoms with Crippen LogP contribution in [0.25, 0.3) is 0 Å². The van der Waals surface area contributed by atoms with Gasteiger partial charge >= 0.3 is 0 Å². The average molecular weight is 383 g/mol. The molecule has 1 saturated carbocycles. The van der Waals surface area contributed by atoms with Crippen molar-refractivity contribution in [1.29, 1.82) is 0 Å². The number of hydrogen-bond acceptors (Lipinski definition) is 2. The topological polar surface area (TPSA) is 46.2 Å². The van der Waals surface area contributed by atoms with Crippen LogP contribution in [0.5, 0.6) is 0 Å². The van der Waals surface area contributed by atoms with Crippen molar-refractivity contribution in [2.45, 2.75) is 31.2 Å². The molecule has 0 heterocycles. The van der Waals surface area contributed by atoms with E-state index >= 15 is 0 Å². The summed E-state index contributed by atoms with van der Waals surface area (Å²) in [6.45, 7) is 4.10. The molecular weight excluding hydrogens is 370 g/mol. The molecular formula is C11H13Br2NO2S. The monoisotopic (exact) mass is 381 g/mol. The molecule has 17 heavy (non-hydrogen) atoms. The molecule has 0 saturated heterocycles. The quantitative estimate of drug-likeness (QED) is 0.871. The van der Waals surface area contributed by atoms with Crippen LogP contribution in [0.2, 0.25) is 0 Å². The van der Waals surface area contributed by atoms with Crippen LogP contribution in [-0.4, -0.2) is 14.5 Å². The molecule has 94 valence electrons. The van der Waals surface area contributed by atoms with Crippen molar-refractivity contribution in [2.75, 3.05) is 0 Å². The van der Waals surface area contributed by atoms with Crippen molar-refractivity contribution in [2.24, 2.45) is 5.41 Å². The highest BCUT2D eigenvalue weighted by atomic mass is 79.9. The minimum absolute atomic E-state index is 0.0402. The van der Waals surface area contributed by atoms with Crippen LogP contribution in [0.3, 0.4) is 0 Å². The second kappa shape index (κ2) is 4.33. The maximum Gasteiger partial charge on any atom is 0.241 e. The highest BCUT2D eigenvalue weighted by Gasteiger charge is 2.48. The third-order valence-electron chi connectivity index (χ3n) is 2.99. The zero-order valence-electron chi connectivity index (χ0n) is 9.50. The first-order valence-electron chi connectivity index (χ1n) is 5.20. The van der Waals surface area contributed by atoms with Gasteiger partial charge in [0.15, 0.2) is 0 Å². The molecule has 6 heteroatoms. The molecule has 1 aliphatic rings. The number of sulfonamides is 1. The Bertz CT molecular complexity index is 555. The first-order valence-corrected chi connectivity index (χ1v) is 8.27. The second-order valence-corrected chi connectivity index (χ2v) is 8.39. The minimum atomic E-state index is -3.45. The SMILES string of the molecule is CC1(C)CC1NS(=O)(=O)c1cc(Br)ccc1Br. The van der Waals surface area contributed by atoms with E-state index in [0.29, 0.717) is 4.47 Å². The van der Waals surface area contributed by atoms with Gasteiger partial charge in [0.25, 0.3) is 0 Å². The number of rotatable bonds is 3. The third-order valence-corrected chi connectivity index (χ3v) is 5.95. The largest absolute Gasteiger partial charge is 0.241 e. The highest BCUT2D eigenvalue weighted by Crippen LogP contribution is 2.45. The fourth-order valence-electron chi connectivity index (χ4n) is 1.60. The van der Waals surface area contributed by atoms with Gasteiger partial charge in [-0.05, 0) is 46.0 Å². The van der Waals surface area contributed by atoms with E-state index in [9.17, 15) is 8.42 Å². The summed E-state index contributed by atoms with van der Waals surface area (Å²) < 4.78 is 28.4. The van der Waals surface area contributed by atoms with Gasteiger partial charge in [0.1, 0.15) is 0 Å². The molecule has 0 bridgehead atoms. The number of benzene rings is 1. The molecule has 1 fully saturated rings. The van der Waals surface area contributed by atoms with Crippen LogP contribution in [0.1, 0.15) is 20.3 Å². The van der Waals surface area contributed by atoms with Gasteiger partial charge in [0.2, 0.25) is 10.0 Å². The Morgan fingerprint density at radius 3 is 2.47 bits per heavy atom. The van der Waals surface area contributed by atoms with Crippen LogP contribution in [-0.2, 0) is 10.0 Å². The summed E-state index contributed by atoms with van der Waals surface area (Å²) in [4.78, 5) is 0.273. The number of hydrogen-bond donors (Lipinski definition) is 1. The summed E-state index contributed by atoms with van der Waals surface area (Å²) in [7, 11) is -3.45. The summed E-state index contributed by atoms with van der Waals surface area (Å²) in [5, 5.41) is 0. The van der Waals surface area contributed by atoms with Gasteiger partial charge in [0, 0.05) is 15.0 Å². The van der Waals surface area contributed by atoms with E-state index < -0.39 is 10.0 Å². The van der Waals surface area contributed by atoms with Gasteiger partial charge in [-0.15, -0.1) is 0 Å². The summed E-state index contributed by atoms with van der Waals surface area (Å²) in [6, 6.07) is 5.15. The van der Waals surface area contributed by atoms with Crippen LogP contribution in [0, 0.1) is 5.41 Å². The Labute approximate surface area is 118 Å². The van der Waals surface area contributed by atoms with E-state index in [0.717, 1.165) is 10.9 Å². The molecule has 1 atom stereocenters. The molecule has 2 rings (SSSR count). The first kappa shape index (κ1) is 13.5. The maximum atomic E-state index is 12.2. The molecule has 3 nitrogen and oxygen atoms in total. The fourth-order valence-corrected chi connectivity index (χ4v) is 4.51. The fraction of sp³-hybridized carbons (Fsp3) is 0.455. The zero-order chi connectivity index (χ0) is 12.8. The van der Waals surface area contributed by atoms with Crippen molar-refractivity contribution < 1.29 is 8.42 Å². The highest BCUT2D eigenvalue weighted by molar-refractivity contribution is 9.11. The van der Waals surface area contributed by atoms with E-state index in [2.05, 4.69) is 50.4 Å². The smallest absolute Gasteiger partial charge is 0.207 e. The van der Waals surface area contributed by atoms with Gasteiger partial charge < -0.3 is 0 Å².